The van der Waals surface area contributed by atoms with E-state index < -0.39 is 23.2 Å². The van der Waals surface area contributed by atoms with E-state index in [0.29, 0.717) is 5.33 Å². The largest absolute Gasteiger partial charge is 0.477 e. The second-order valence-corrected chi connectivity index (χ2v) is 3.09. The van der Waals surface area contributed by atoms with E-state index in [1.54, 1.807) is 0 Å². The van der Waals surface area contributed by atoms with Crippen molar-refractivity contribution in [3.8, 4) is 11.8 Å². The molecule has 0 atom stereocenters. The van der Waals surface area contributed by atoms with Crippen molar-refractivity contribution < 1.29 is 18.7 Å². The molecule has 0 unspecified atom stereocenters. The van der Waals surface area contributed by atoms with Crippen LogP contribution in [-0.4, -0.2) is 16.4 Å². The second kappa shape index (κ2) is 4.89. The molecule has 1 N–H and O–H groups in total. The molecule has 0 spiro atoms. The van der Waals surface area contributed by atoms with Gasteiger partial charge in [0, 0.05) is 0 Å². The van der Waals surface area contributed by atoms with Crippen LogP contribution in [-0.2, 0) is 0 Å². The number of alkyl halides is 1. The molecule has 0 amide bonds. The zero-order valence-corrected chi connectivity index (χ0v) is 8.94. The summed E-state index contributed by atoms with van der Waals surface area (Å²) in [6.07, 6.45) is 0. The molecule has 1 aromatic rings. The van der Waals surface area contributed by atoms with Crippen LogP contribution in [0.15, 0.2) is 12.1 Å². The Balaban J connectivity index is 3.35. The van der Waals surface area contributed by atoms with Gasteiger partial charge in [0.2, 0.25) is 0 Å². The van der Waals surface area contributed by atoms with E-state index in [0.717, 1.165) is 12.1 Å². The summed E-state index contributed by atoms with van der Waals surface area (Å²) in [5.41, 5.74) is -1.11. The van der Waals surface area contributed by atoms with Gasteiger partial charge in [-0.05, 0) is 12.1 Å². The molecule has 0 aliphatic carbocycles. The van der Waals surface area contributed by atoms with Gasteiger partial charge >= 0.3 is 5.97 Å². The van der Waals surface area contributed by atoms with E-state index >= 15 is 0 Å². The van der Waals surface area contributed by atoms with Crippen molar-refractivity contribution in [2.24, 2.45) is 0 Å². The lowest BCUT2D eigenvalue weighted by Crippen LogP contribution is -2.06. The molecule has 0 heterocycles. The van der Waals surface area contributed by atoms with Crippen molar-refractivity contribution in [3.63, 3.8) is 0 Å². The van der Waals surface area contributed by atoms with Crippen LogP contribution in [0.1, 0.15) is 15.9 Å². The van der Waals surface area contributed by atoms with Crippen molar-refractivity contribution in [1.29, 1.82) is 0 Å². The van der Waals surface area contributed by atoms with Gasteiger partial charge in [-0.3, -0.25) is 0 Å². The number of carboxylic acids is 1. The molecule has 2 nitrogen and oxygen atoms in total. The molecule has 0 radical (unpaired) electrons. The number of hydrogen-bond donors (Lipinski definition) is 1. The molecule has 0 saturated carbocycles. The monoisotopic (exact) mass is 274 g/mol. The van der Waals surface area contributed by atoms with Crippen LogP contribution in [0.5, 0.6) is 0 Å². The summed E-state index contributed by atoms with van der Waals surface area (Å²) < 4.78 is 26.3. The van der Waals surface area contributed by atoms with E-state index in [2.05, 4.69) is 27.8 Å². The minimum Gasteiger partial charge on any atom is -0.477 e. The SMILES string of the molecule is O=C(O)c1c(F)ccc(C#CCBr)c1F. The molecule has 0 aliphatic heterocycles. The topological polar surface area (TPSA) is 37.3 Å². The van der Waals surface area contributed by atoms with Gasteiger partial charge in [-0.25, -0.2) is 13.6 Å². The first-order valence-corrected chi connectivity index (χ1v) is 4.96. The summed E-state index contributed by atoms with van der Waals surface area (Å²) in [7, 11) is 0. The molecule has 78 valence electrons. The second-order valence-electron chi connectivity index (χ2n) is 2.52. The summed E-state index contributed by atoms with van der Waals surface area (Å²) in [5.74, 6) is 0.990. The van der Waals surface area contributed by atoms with Crippen LogP contribution in [0.25, 0.3) is 0 Å². The molecule has 0 aromatic heterocycles. The first kappa shape index (κ1) is 11.7. The van der Waals surface area contributed by atoms with Crippen LogP contribution in [0.4, 0.5) is 8.78 Å². The minimum atomic E-state index is -1.65. The third-order valence-corrected chi connectivity index (χ3v) is 1.88. The fraction of sp³-hybridized carbons (Fsp3) is 0.100. The first-order chi connectivity index (χ1) is 7.07. The maximum absolute atomic E-state index is 13.4. The molecule has 0 saturated heterocycles. The Labute approximate surface area is 93.0 Å². The molecule has 15 heavy (non-hydrogen) atoms. The molecule has 5 heteroatoms. The summed E-state index contributed by atoms with van der Waals surface area (Å²) in [4.78, 5) is 10.5. The lowest BCUT2D eigenvalue weighted by atomic mass is 10.1. The van der Waals surface area contributed by atoms with Gasteiger partial charge in [-0.2, -0.15) is 0 Å². The Kier molecular flexibility index (Phi) is 3.81. The minimum absolute atomic E-state index is 0.131. The van der Waals surface area contributed by atoms with Gasteiger partial charge in [0.15, 0.2) is 5.82 Å². The molecule has 0 bridgehead atoms. The quantitative estimate of drug-likeness (QED) is 0.631. The number of aromatic carboxylic acids is 1. The van der Waals surface area contributed by atoms with Gasteiger partial charge in [0.1, 0.15) is 11.4 Å². The highest BCUT2D eigenvalue weighted by molar-refractivity contribution is 9.09. The highest BCUT2D eigenvalue weighted by atomic mass is 79.9. The van der Waals surface area contributed by atoms with E-state index in [-0.39, 0.29) is 5.56 Å². The molecule has 0 aliphatic rings. The van der Waals surface area contributed by atoms with E-state index in [1.807, 2.05) is 0 Å². The Morgan fingerprint density at radius 3 is 2.67 bits per heavy atom. The Morgan fingerprint density at radius 1 is 1.47 bits per heavy atom. The van der Waals surface area contributed by atoms with Crippen molar-refractivity contribution in [2.45, 2.75) is 0 Å². The number of benzene rings is 1. The maximum atomic E-state index is 13.4. The normalized spacial score (nSPS) is 9.27. The standard InChI is InChI=1S/C10H5BrF2O2/c11-5-1-2-6-3-4-7(12)8(9(6)13)10(14)15/h3-4H,5H2,(H,14,15). The molecule has 1 aromatic carbocycles. The van der Waals surface area contributed by atoms with E-state index in [4.69, 9.17) is 5.11 Å². The zero-order chi connectivity index (χ0) is 11.4. The number of carbonyl (C=O) groups is 1. The summed E-state index contributed by atoms with van der Waals surface area (Å²) in [6, 6.07) is 1.98. The average molecular weight is 275 g/mol. The van der Waals surface area contributed by atoms with Crippen LogP contribution in [0.3, 0.4) is 0 Å². The highest BCUT2D eigenvalue weighted by Crippen LogP contribution is 2.16. The van der Waals surface area contributed by atoms with E-state index in [1.165, 1.54) is 0 Å². The first-order valence-electron chi connectivity index (χ1n) is 3.84. The van der Waals surface area contributed by atoms with Gasteiger partial charge in [-0.1, -0.05) is 27.8 Å². The third-order valence-electron chi connectivity index (χ3n) is 1.59. The molecular weight excluding hydrogens is 270 g/mol. The van der Waals surface area contributed by atoms with Crippen molar-refractivity contribution in [1.82, 2.24) is 0 Å². The predicted octanol–water partition coefficient (Wildman–Crippen LogP) is 2.41. The lowest BCUT2D eigenvalue weighted by Gasteiger charge is -2.00. The Morgan fingerprint density at radius 2 is 2.13 bits per heavy atom. The summed E-state index contributed by atoms with van der Waals surface area (Å²) in [5, 5.41) is 8.88. The van der Waals surface area contributed by atoms with Crippen LogP contribution in [0.2, 0.25) is 0 Å². The van der Waals surface area contributed by atoms with Crippen LogP contribution >= 0.6 is 15.9 Å². The summed E-state index contributed by atoms with van der Waals surface area (Å²) >= 11 is 3.01. The molecule has 1 rings (SSSR count). The highest BCUT2D eigenvalue weighted by Gasteiger charge is 2.18. The lowest BCUT2D eigenvalue weighted by molar-refractivity contribution is 0.0686. The number of rotatable bonds is 1. The van der Waals surface area contributed by atoms with Gasteiger partial charge in [-0.15, -0.1) is 0 Å². The number of hydrogen-bond acceptors (Lipinski definition) is 1. The van der Waals surface area contributed by atoms with Crippen molar-refractivity contribution >= 4 is 21.9 Å². The van der Waals surface area contributed by atoms with Gasteiger partial charge < -0.3 is 5.11 Å². The van der Waals surface area contributed by atoms with Crippen LogP contribution in [0, 0.1) is 23.5 Å². The Hall–Kier alpha value is -1.41. The zero-order valence-electron chi connectivity index (χ0n) is 7.35. The van der Waals surface area contributed by atoms with Gasteiger partial charge in [0.25, 0.3) is 0 Å². The van der Waals surface area contributed by atoms with Crippen LogP contribution < -0.4 is 0 Å². The van der Waals surface area contributed by atoms with Gasteiger partial charge in [0.05, 0.1) is 10.9 Å². The van der Waals surface area contributed by atoms with E-state index in [9.17, 15) is 13.6 Å². The smallest absolute Gasteiger partial charge is 0.341 e. The fourth-order valence-corrected chi connectivity index (χ4v) is 1.11. The predicted molar refractivity (Wildman–Crippen MR) is 54.0 cm³/mol. The maximum Gasteiger partial charge on any atom is 0.341 e. The molecule has 0 fully saturated rings. The van der Waals surface area contributed by atoms with Crippen molar-refractivity contribution in [3.05, 3.63) is 34.9 Å². The summed E-state index contributed by atoms with van der Waals surface area (Å²) in [6.45, 7) is 0. The third kappa shape index (κ3) is 2.54. The Bertz CT molecular complexity index is 460. The average Bonchev–Trinajstić information content (AvgIpc) is 2.16. The number of halogens is 3. The molecular formula is C10H5BrF2O2. The fourth-order valence-electron chi connectivity index (χ4n) is 0.974. The van der Waals surface area contributed by atoms with Crippen molar-refractivity contribution in [2.75, 3.05) is 5.33 Å². The number of carboxylic acid groups (broad SMARTS) is 1.